The van der Waals surface area contributed by atoms with Crippen molar-refractivity contribution in [2.75, 3.05) is 0 Å². The number of amides is 1. The number of fused-ring (bicyclic) bond motifs is 1. The van der Waals surface area contributed by atoms with Gasteiger partial charge >= 0.3 is 0 Å². The van der Waals surface area contributed by atoms with Crippen molar-refractivity contribution in [2.24, 2.45) is 0 Å². The van der Waals surface area contributed by atoms with E-state index in [-0.39, 0.29) is 5.91 Å². The molecule has 0 bridgehead atoms. The van der Waals surface area contributed by atoms with Gasteiger partial charge in [-0.05, 0) is 24.3 Å². The predicted molar refractivity (Wildman–Crippen MR) is 69.9 cm³/mol. The van der Waals surface area contributed by atoms with Gasteiger partial charge in [-0.1, -0.05) is 36.1 Å². The number of allylic oxidation sites excluding steroid dienone is 2. The highest BCUT2D eigenvalue weighted by atomic mass is 16.1. The fraction of sp³-hybridized carbons (Fsp3) is 0. The second-order valence-electron chi connectivity index (χ2n) is 3.93. The topological polar surface area (TPSA) is 42.0 Å². The highest BCUT2D eigenvalue weighted by Gasteiger charge is 2.09. The van der Waals surface area contributed by atoms with E-state index in [1.165, 1.54) is 0 Å². The Hall–Kier alpha value is -2.64. The zero-order valence-corrected chi connectivity index (χ0v) is 9.55. The van der Waals surface area contributed by atoms with Crippen molar-refractivity contribution in [2.45, 2.75) is 0 Å². The monoisotopic (exact) mass is 234 g/mol. The van der Waals surface area contributed by atoms with Crippen LogP contribution in [0.2, 0.25) is 0 Å². The second kappa shape index (κ2) is 4.32. The van der Waals surface area contributed by atoms with Crippen molar-refractivity contribution in [1.29, 1.82) is 0 Å². The molecule has 0 spiro atoms. The lowest BCUT2D eigenvalue weighted by molar-refractivity contribution is 0.0963. The van der Waals surface area contributed by atoms with Gasteiger partial charge in [0.25, 0.3) is 5.91 Å². The van der Waals surface area contributed by atoms with Crippen molar-refractivity contribution >= 4 is 16.8 Å². The molecule has 3 nitrogen and oxygen atoms in total. The number of nitrogens with zero attached hydrogens (tertiary/aromatic N) is 1. The lowest BCUT2D eigenvalue weighted by Gasteiger charge is -2.03. The first kappa shape index (κ1) is 10.5. The van der Waals surface area contributed by atoms with Crippen molar-refractivity contribution < 1.29 is 4.79 Å². The molecule has 1 aliphatic rings. The molecule has 1 amide bonds. The van der Waals surface area contributed by atoms with E-state index in [1.807, 2.05) is 36.4 Å². The Labute approximate surface area is 104 Å². The molecule has 1 aliphatic carbocycles. The summed E-state index contributed by atoms with van der Waals surface area (Å²) in [6.07, 6.45) is 5.37. The molecule has 1 N–H and O–H groups in total. The van der Waals surface area contributed by atoms with Crippen molar-refractivity contribution in [3.05, 3.63) is 71.7 Å². The fourth-order valence-electron chi connectivity index (χ4n) is 1.79. The first-order valence-corrected chi connectivity index (χ1v) is 5.63. The number of benzene rings is 1. The molecule has 0 saturated carbocycles. The van der Waals surface area contributed by atoms with E-state index in [1.54, 1.807) is 18.2 Å². The van der Waals surface area contributed by atoms with Gasteiger partial charge in [0.05, 0.1) is 11.2 Å². The lowest BCUT2D eigenvalue weighted by atomic mass is 10.2. The smallest absolute Gasteiger partial charge is 0.274 e. The largest absolute Gasteiger partial charge is 0.314 e. The van der Waals surface area contributed by atoms with Gasteiger partial charge in [0.1, 0.15) is 5.69 Å². The maximum absolute atomic E-state index is 12.0. The minimum absolute atomic E-state index is 0.219. The molecule has 18 heavy (non-hydrogen) atoms. The second-order valence-corrected chi connectivity index (χ2v) is 3.93. The average Bonchev–Trinajstić information content (AvgIpc) is 2.91. The van der Waals surface area contributed by atoms with Gasteiger partial charge < -0.3 is 5.32 Å². The highest BCUT2D eigenvalue weighted by molar-refractivity contribution is 5.96. The molecule has 0 aliphatic heterocycles. The first-order valence-electron chi connectivity index (χ1n) is 5.63. The molecule has 0 fully saturated rings. The predicted octanol–water partition coefficient (Wildman–Crippen LogP) is 2.57. The molecule has 3 rings (SSSR count). The Morgan fingerprint density at radius 2 is 2.06 bits per heavy atom. The van der Waals surface area contributed by atoms with E-state index >= 15 is 0 Å². The minimum Gasteiger partial charge on any atom is -0.314 e. The number of hydrogen-bond donors (Lipinski definition) is 1. The summed E-state index contributed by atoms with van der Waals surface area (Å²) in [6, 6.07) is 11.3. The molecular formula is C15H10N2O. The third kappa shape index (κ3) is 1.95. The van der Waals surface area contributed by atoms with E-state index in [2.05, 4.69) is 16.0 Å². The van der Waals surface area contributed by atoms with Gasteiger partial charge in [0.15, 0.2) is 0 Å². The molecule has 0 saturated heterocycles. The fourth-order valence-corrected chi connectivity index (χ4v) is 1.79. The Morgan fingerprint density at radius 3 is 2.89 bits per heavy atom. The van der Waals surface area contributed by atoms with Crippen LogP contribution < -0.4 is 5.32 Å². The number of pyridine rings is 1. The summed E-state index contributed by atoms with van der Waals surface area (Å²) in [4.78, 5) is 16.3. The Bertz CT molecular complexity index is 722. The Balaban J connectivity index is 1.92. The highest BCUT2D eigenvalue weighted by Crippen LogP contribution is 2.12. The van der Waals surface area contributed by atoms with Crippen LogP contribution in [0.25, 0.3) is 10.9 Å². The first-order chi connectivity index (χ1) is 8.83. The molecule has 1 aromatic carbocycles. The van der Waals surface area contributed by atoms with Crippen LogP contribution in [0, 0.1) is 0 Å². The van der Waals surface area contributed by atoms with Crippen molar-refractivity contribution in [1.82, 2.24) is 10.3 Å². The molecule has 3 heteroatoms. The van der Waals surface area contributed by atoms with Gasteiger partial charge in [-0.3, -0.25) is 4.79 Å². The number of nitrogens with one attached hydrogen (secondary N) is 1. The summed E-state index contributed by atoms with van der Waals surface area (Å²) >= 11 is 0. The Kier molecular flexibility index (Phi) is 2.52. The number of para-hydroxylation sites is 1. The van der Waals surface area contributed by atoms with Crippen LogP contribution in [0.4, 0.5) is 0 Å². The Morgan fingerprint density at radius 1 is 1.17 bits per heavy atom. The normalized spacial score (nSPS) is 12.8. The quantitative estimate of drug-likeness (QED) is 0.811. The van der Waals surface area contributed by atoms with Gasteiger partial charge in [-0.25, -0.2) is 4.98 Å². The maximum atomic E-state index is 12.0. The van der Waals surface area contributed by atoms with Gasteiger partial charge in [-0.2, -0.15) is 0 Å². The maximum Gasteiger partial charge on any atom is 0.274 e. The molecule has 0 unspecified atom stereocenters. The van der Waals surface area contributed by atoms with E-state index in [0.29, 0.717) is 11.4 Å². The standard InChI is InChI=1S/C15H10N2O/c18-15(16-12-6-2-3-7-12)14-10-9-11-5-1-4-8-13(11)17-14/h1-6,8-10H,(H,16,18). The molecule has 86 valence electrons. The summed E-state index contributed by atoms with van der Waals surface area (Å²) in [5, 5.41) is 3.77. The van der Waals surface area contributed by atoms with Crippen LogP contribution in [0.1, 0.15) is 10.5 Å². The number of hydrogen-bond acceptors (Lipinski definition) is 2. The van der Waals surface area contributed by atoms with Gasteiger partial charge in [-0.15, -0.1) is 0 Å². The van der Waals surface area contributed by atoms with Gasteiger partial charge in [0, 0.05) is 5.39 Å². The van der Waals surface area contributed by atoms with Crippen LogP contribution in [-0.2, 0) is 0 Å². The summed E-state index contributed by atoms with van der Waals surface area (Å²) in [5.41, 5.74) is 4.80. The zero-order chi connectivity index (χ0) is 12.4. The van der Waals surface area contributed by atoms with Crippen LogP contribution in [-0.4, -0.2) is 10.9 Å². The van der Waals surface area contributed by atoms with Crippen LogP contribution in [0.3, 0.4) is 0 Å². The van der Waals surface area contributed by atoms with Crippen LogP contribution in [0.15, 0.2) is 66.1 Å². The van der Waals surface area contributed by atoms with Crippen LogP contribution >= 0.6 is 0 Å². The average molecular weight is 234 g/mol. The van der Waals surface area contributed by atoms with Crippen LogP contribution in [0.5, 0.6) is 0 Å². The summed E-state index contributed by atoms with van der Waals surface area (Å²) in [5.74, 6) is -0.219. The number of carbonyl (C=O) groups excluding carboxylic acids is 1. The molecule has 1 aromatic heterocycles. The van der Waals surface area contributed by atoms with E-state index in [9.17, 15) is 4.79 Å². The van der Waals surface area contributed by atoms with E-state index in [4.69, 9.17) is 0 Å². The van der Waals surface area contributed by atoms with Gasteiger partial charge in [0.2, 0.25) is 0 Å². The van der Waals surface area contributed by atoms with E-state index < -0.39 is 0 Å². The zero-order valence-electron chi connectivity index (χ0n) is 9.55. The summed E-state index contributed by atoms with van der Waals surface area (Å²) in [6.45, 7) is 0. The minimum atomic E-state index is -0.219. The molecule has 0 atom stereocenters. The lowest BCUT2D eigenvalue weighted by Crippen LogP contribution is -2.22. The molecule has 1 heterocycles. The summed E-state index contributed by atoms with van der Waals surface area (Å²) in [7, 11) is 0. The molecular weight excluding hydrogens is 224 g/mol. The number of aromatic nitrogens is 1. The summed E-state index contributed by atoms with van der Waals surface area (Å²) < 4.78 is 0. The number of carbonyl (C=O) groups is 1. The number of rotatable bonds is 2. The third-order valence-electron chi connectivity index (χ3n) is 2.68. The third-order valence-corrected chi connectivity index (χ3v) is 2.68. The molecule has 0 radical (unpaired) electrons. The van der Waals surface area contributed by atoms with Crippen molar-refractivity contribution in [3.8, 4) is 0 Å². The van der Waals surface area contributed by atoms with Crippen molar-refractivity contribution in [3.63, 3.8) is 0 Å². The van der Waals surface area contributed by atoms with E-state index in [0.717, 1.165) is 10.9 Å². The molecule has 2 aromatic rings. The SMILES string of the molecule is O=C(NC1=C=CC=C1)c1ccc2ccccc2n1.